The van der Waals surface area contributed by atoms with Gasteiger partial charge in [-0.25, -0.2) is 0 Å². The molecule has 2 amide bonds. The average molecular weight is 520 g/mol. The zero-order chi connectivity index (χ0) is 23.6. The fourth-order valence-corrected chi connectivity index (χ4v) is 3.76. The van der Waals surface area contributed by atoms with Crippen LogP contribution < -0.4 is 9.47 Å². The van der Waals surface area contributed by atoms with Gasteiger partial charge in [-0.05, 0) is 57.5 Å². The number of hydrogen-bond acceptors (Lipinski definition) is 7. The second kappa shape index (κ2) is 9.45. The zero-order valence-corrected chi connectivity index (χ0v) is 19.7. The van der Waals surface area contributed by atoms with E-state index >= 15 is 0 Å². The minimum Gasteiger partial charge on any atom is -0.493 e. The summed E-state index contributed by atoms with van der Waals surface area (Å²) in [5.74, 6) is -0.277. The van der Waals surface area contributed by atoms with E-state index in [4.69, 9.17) is 21.7 Å². The Bertz CT molecular complexity index is 1140. The van der Waals surface area contributed by atoms with Crippen molar-refractivity contribution in [2.24, 2.45) is 0 Å². The lowest BCUT2D eigenvalue weighted by Gasteiger charge is -2.31. The molecule has 0 atom stereocenters. The van der Waals surface area contributed by atoms with E-state index in [2.05, 4.69) is 15.9 Å². The summed E-state index contributed by atoms with van der Waals surface area (Å²) < 4.78 is 11.8. The lowest BCUT2D eigenvalue weighted by Crippen LogP contribution is -2.52. The molecule has 0 N–H and O–H groups in total. The number of rotatable bonds is 6. The number of amides is 2. The lowest BCUT2D eigenvalue weighted by molar-refractivity contribution is -0.384. The van der Waals surface area contributed by atoms with Crippen molar-refractivity contribution in [2.45, 2.75) is 6.61 Å². The Morgan fingerprint density at radius 2 is 1.81 bits per heavy atom. The zero-order valence-electron chi connectivity index (χ0n) is 17.3. The fourth-order valence-electron chi connectivity index (χ4n) is 3.02. The maximum atomic E-state index is 12.5. The Labute approximate surface area is 197 Å². The van der Waals surface area contributed by atoms with Gasteiger partial charge in [-0.1, -0.05) is 12.1 Å². The Hall–Kier alpha value is -3.31. The van der Waals surface area contributed by atoms with Crippen LogP contribution in [0.2, 0.25) is 0 Å². The van der Waals surface area contributed by atoms with Crippen LogP contribution in [-0.4, -0.2) is 52.9 Å². The molecule has 3 rings (SSSR count). The van der Waals surface area contributed by atoms with E-state index in [-0.39, 0.29) is 23.0 Å². The van der Waals surface area contributed by atoms with Gasteiger partial charge < -0.3 is 9.47 Å². The van der Waals surface area contributed by atoms with Gasteiger partial charge in [0, 0.05) is 26.2 Å². The number of thiocarbonyl (C=S) groups is 1. The molecule has 1 aliphatic heterocycles. The quantitative estimate of drug-likeness (QED) is 0.189. The Balaban J connectivity index is 1.90. The van der Waals surface area contributed by atoms with E-state index in [0.717, 1.165) is 0 Å². The summed E-state index contributed by atoms with van der Waals surface area (Å²) in [6.07, 6.45) is 1.46. The standard InChI is InChI=1S/C21H18BrN3O6S/c1-23-19(26)15(20(27)24(2)21(23)32)8-13-9-16(22)18(17(10-13)30-3)31-11-12-5-4-6-14(7-12)25(28)29/h4-10H,11H2,1-3H3. The summed E-state index contributed by atoms with van der Waals surface area (Å²) in [7, 11) is 4.46. The molecule has 0 bridgehead atoms. The van der Waals surface area contributed by atoms with Crippen molar-refractivity contribution < 1.29 is 24.0 Å². The molecule has 2 aromatic rings. The van der Waals surface area contributed by atoms with E-state index in [1.807, 2.05) is 0 Å². The summed E-state index contributed by atoms with van der Waals surface area (Å²) in [6, 6.07) is 9.41. The highest BCUT2D eigenvalue weighted by Gasteiger charge is 2.35. The smallest absolute Gasteiger partial charge is 0.269 e. The van der Waals surface area contributed by atoms with E-state index in [0.29, 0.717) is 27.1 Å². The highest BCUT2D eigenvalue weighted by molar-refractivity contribution is 9.10. The van der Waals surface area contributed by atoms with E-state index in [1.165, 1.54) is 49.2 Å². The SMILES string of the molecule is COc1cc(C=C2C(=O)N(C)C(=S)N(C)C2=O)cc(Br)c1OCc1cccc([N+](=O)[O-])c1. The van der Waals surface area contributed by atoms with Crippen LogP contribution in [0.1, 0.15) is 11.1 Å². The molecule has 1 heterocycles. The monoisotopic (exact) mass is 519 g/mol. The molecule has 166 valence electrons. The molecular formula is C21H18BrN3O6S. The van der Waals surface area contributed by atoms with Gasteiger partial charge in [0.15, 0.2) is 16.6 Å². The number of methoxy groups -OCH3 is 1. The predicted molar refractivity (Wildman–Crippen MR) is 124 cm³/mol. The maximum Gasteiger partial charge on any atom is 0.269 e. The highest BCUT2D eigenvalue weighted by Crippen LogP contribution is 2.38. The number of nitro benzene ring substituents is 1. The molecule has 0 radical (unpaired) electrons. The highest BCUT2D eigenvalue weighted by atomic mass is 79.9. The number of likely N-dealkylation sites (N-methyl/N-ethyl adjacent to an activating group) is 2. The van der Waals surface area contributed by atoms with Crippen molar-refractivity contribution in [2.75, 3.05) is 21.2 Å². The van der Waals surface area contributed by atoms with Crippen LogP contribution in [0, 0.1) is 10.1 Å². The van der Waals surface area contributed by atoms with Crippen LogP contribution in [0.4, 0.5) is 5.69 Å². The Morgan fingerprint density at radius 3 is 2.41 bits per heavy atom. The summed E-state index contributed by atoms with van der Waals surface area (Å²) in [6.45, 7) is 0.0705. The number of ether oxygens (including phenoxy) is 2. The van der Waals surface area contributed by atoms with E-state index in [1.54, 1.807) is 24.3 Å². The normalized spacial score (nSPS) is 14.0. The van der Waals surface area contributed by atoms with Gasteiger partial charge in [-0.15, -0.1) is 0 Å². The summed E-state index contributed by atoms with van der Waals surface area (Å²) in [4.78, 5) is 38.0. The summed E-state index contributed by atoms with van der Waals surface area (Å²) >= 11 is 8.52. The van der Waals surface area contributed by atoms with Crippen molar-refractivity contribution in [1.82, 2.24) is 9.80 Å². The van der Waals surface area contributed by atoms with Crippen LogP contribution in [0.15, 0.2) is 46.4 Å². The first-order valence-corrected chi connectivity index (χ1v) is 10.4. The Morgan fingerprint density at radius 1 is 1.16 bits per heavy atom. The third-order valence-electron chi connectivity index (χ3n) is 4.71. The van der Waals surface area contributed by atoms with Gasteiger partial charge in [0.2, 0.25) is 0 Å². The predicted octanol–water partition coefficient (Wildman–Crippen LogP) is 3.54. The summed E-state index contributed by atoms with van der Waals surface area (Å²) in [5.41, 5.74) is 1.07. The van der Waals surface area contributed by atoms with Crippen LogP contribution in [-0.2, 0) is 16.2 Å². The molecule has 0 aliphatic carbocycles. The molecule has 0 spiro atoms. The fraction of sp³-hybridized carbons (Fsp3) is 0.190. The number of halogens is 1. The number of carbonyl (C=O) groups excluding carboxylic acids is 2. The third kappa shape index (κ3) is 4.63. The summed E-state index contributed by atoms with van der Waals surface area (Å²) in [5, 5.41) is 11.1. The van der Waals surface area contributed by atoms with Gasteiger partial charge in [0.05, 0.1) is 16.5 Å². The van der Waals surface area contributed by atoms with Crippen LogP contribution in [0.3, 0.4) is 0 Å². The molecule has 9 nitrogen and oxygen atoms in total. The first-order chi connectivity index (χ1) is 15.1. The molecule has 2 aromatic carbocycles. The number of nitrogens with zero attached hydrogens (tertiary/aromatic N) is 3. The molecule has 0 saturated carbocycles. The van der Waals surface area contributed by atoms with Gasteiger partial charge in [0.25, 0.3) is 17.5 Å². The molecule has 0 aromatic heterocycles. The van der Waals surface area contributed by atoms with Crippen molar-refractivity contribution in [3.05, 3.63) is 67.7 Å². The second-order valence-corrected chi connectivity index (χ2v) is 8.04. The molecule has 1 aliphatic rings. The lowest BCUT2D eigenvalue weighted by atomic mass is 10.1. The average Bonchev–Trinajstić information content (AvgIpc) is 2.78. The minimum absolute atomic E-state index is 0.0321. The molecule has 1 fully saturated rings. The largest absolute Gasteiger partial charge is 0.493 e. The number of nitro groups is 1. The van der Waals surface area contributed by atoms with Crippen LogP contribution in [0.25, 0.3) is 6.08 Å². The van der Waals surface area contributed by atoms with Crippen molar-refractivity contribution in [1.29, 1.82) is 0 Å². The number of carbonyl (C=O) groups is 2. The van der Waals surface area contributed by atoms with Gasteiger partial charge in [0.1, 0.15) is 12.2 Å². The number of benzene rings is 2. The van der Waals surface area contributed by atoms with E-state index < -0.39 is 16.7 Å². The van der Waals surface area contributed by atoms with Gasteiger partial charge in [-0.2, -0.15) is 0 Å². The van der Waals surface area contributed by atoms with Crippen LogP contribution in [0.5, 0.6) is 11.5 Å². The van der Waals surface area contributed by atoms with Crippen molar-refractivity contribution in [3.8, 4) is 11.5 Å². The van der Waals surface area contributed by atoms with Crippen molar-refractivity contribution in [3.63, 3.8) is 0 Å². The first kappa shape index (κ1) is 23.4. The maximum absolute atomic E-state index is 12.5. The van der Waals surface area contributed by atoms with Gasteiger partial charge in [-0.3, -0.25) is 29.5 Å². The molecule has 11 heteroatoms. The van der Waals surface area contributed by atoms with Crippen LogP contribution >= 0.6 is 28.1 Å². The number of non-ortho nitro benzene ring substituents is 1. The molecule has 32 heavy (non-hydrogen) atoms. The topological polar surface area (TPSA) is 102 Å². The first-order valence-electron chi connectivity index (χ1n) is 9.19. The van der Waals surface area contributed by atoms with E-state index in [9.17, 15) is 19.7 Å². The number of hydrogen-bond donors (Lipinski definition) is 0. The third-order valence-corrected chi connectivity index (χ3v) is 5.85. The molecule has 0 unspecified atom stereocenters. The Kier molecular flexibility index (Phi) is 6.90. The molecule has 1 saturated heterocycles. The second-order valence-electron chi connectivity index (χ2n) is 6.82. The van der Waals surface area contributed by atoms with Crippen molar-refractivity contribution >= 4 is 56.8 Å². The minimum atomic E-state index is -0.501. The molecular weight excluding hydrogens is 502 g/mol. The van der Waals surface area contributed by atoms with Gasteiger partial charge >= 0.3 is 0 Å².